The molecule has 0 aliphatic carbocycles. The summed E-state index contributed by atoms with van der Waals surface area (Å²) in [7, 11) is 1.67. The van der Waals surface area contributed by atoms with E-state index < -0.39 is 5.60 Å². The molecule has 0 unspecified atom stereocenters. The lowest BCUT2D eigenvalue weighted by molar-refractivity contribution is -0.0168. The topological polar surface area (TPSA) is 69.0 Å². The van der Waals surface area contributed by atoms with Gasteiger partial charge in [0.15, 0.2) is 11.5 Å². The van der Waals surface area contributed by atoms with Crippen LogP contribution in [0.4, 0.5) is 0 Å². The van der Waals surface area contributed by atoms with Crippen LogP contribution < -0.4 is 14.2 Å². The molecule has 1 aliphatic rings. The summed E-state index contributed by atoms with van der Waals surface area (Å²) in [5, 5.41) is 12.1. The molecule has 1 fully saturated rings. The highest BCUT2D eigenvalue weighted by Crippen LogP contribution is 2.31. The number of hydrogen-bond donors (Lipinski definition) is 1. The smallest absolute Gasteiger partial charge is 0.161 e. The molecule has 200 valence electrons. The molecule has 0 bridgehead atoms. The summed E-state index contributed by atoms with van der Waals surface area (Å²) in [5.74, 6) is 3.10. The van der Waals surface area contributed by atoms with Crippen molar-refractivity contribution in [1.82, 2.24) is 14.5 Å². The number of nitrogens with zero attached hydrogens (tertiary/aromatic N) is 3. The summed E-state index contributed by atoms with van der Waals surface area (Å²) in [6.45, 7) is 6.14. The third-order valence-corrected chi connectivity index (χ3v) is 7.51. The van der Waals surface area contributed by atoms with Crippen molar-refractivity contribution < 1.29 is 19.3 Å². The van der Waals surface area contributed by atoms with E-state index in [2.05, 4.69) is 20.5 Å². The van der Waals surface area contributed by atoms with Gasteiger partial charge in [-0.1, -0.05) is 29.3 Å². The van der Waals surface area contributed by atoms with E-state index in [0.717, 1.165) is 61.9 Å². The molecule has 7 nitrogen and oxygen atoms in total. The molecule has 2 heterocycles. The van der Waals surface area contributed by atoms with Crippen LogP contribution in [0, 0.1) is 6.92 Å². The summed E-state index contributed by atoms with van der Waals surface area (Å²) < 4.78 is 19.6. The van der Waals surface area contributed by atoms with E-state index in [4.69, 9.17) is 37.4 Å². The number of methoxy groups -OCH3 is 1. The predicted molar refractivity (Wildman–Crippen MR) is 146 cm³/mol. The van der Waals surface area contributed by atoms with E-state index in [0.29, 0.717) is 35.2 Å². The Morgan fingerprint density at radius 1 is 1.03 bits per heavy atom. The Bertz CT molecular complexity index is 1170. The van der Waals surface area contributed by atoms with Crippen LogP contribution in [0.3, 0.4) is 0 Å². The van der Waals surface area contributed by atoms with Crippen LogP contribution in [-0.4, -0.2) is 58.6 Å². The maximum atomic E-state index is 11.2. The van der Waals surface area contributed by atoms with Crippen molar-refractivity contribution in [3.8, 4) is 17.2 Å². The third kappa shape index (κ3) is 7.77. The number of aromatic nitrogens is 2. The van der Waals surface area contributed by atoms with Gasteiger partial charge in [0.25, 0.3) is 0 Å². The van der Waals surface area contributed by atoms with Gasteiger partial charge >= 0.3 is 0 Å². The predicted octanol–water partition coefficient (Wildman–Crippen LogP) is 5.77. The second-order valence-electron chi connectivity index (χ2n) is 9.57. The number of rotatable bonds is 11. The van der Waals surface area contributed by atoms with Crippen molar-refractivity contribution >= 4 is 23.2 Å². The minimum Gasteiger partial charge on any atom is -0.493 e. The fraction of sp³-hybridized carbons (Fsp3) is 0.464. The van der Waals surface area contributed by atoms with E-state index in [1.807, 2.05) is 31.5 Å². The van der Waals surface area contributed by atoms with Gasteiger partial charge < -0.3 is 23.9 Å². The molecule has 0 amide bonds. The number of hydrogen-bond acceptors (Lipinski definition) is 6. The zero-order valence-electron chi connectivity index (χ0n) is 21.5. The summed E-state index contributed by atoms with van der Waals surface area (Å²) >= 11 is 12.1. The largest absolute Gasteiger partial charge is 0.493 e. The van der Waals surface area contributed by atoms with Crippen molar-refractivity contribution in [3.05, 3.63) is 70.2 Å². The molecule has 1 N–H and O–H groups in total. The lowest BCUT2D eigenvalue weighted by atomic mass is 9.96. The van der Waals surface area contributed by atoms with Crippen LogP contribution in [0.5, 0.6) is 17.2 Å². The van der Waals surface area contributed by atoms with Gasteiger partial charge in [0.2, 0.25) is 0 Å². The second kappa shape index (κ2) is 12.9. The molecule has 4 rings (SSSR count). The number of ether oxygens (including phenoxy) is 3. The Kier molecular flexibility index (Phi) is 9.60. The van der Waals surface area contributed by atoms with E-state index in [9.17, 15) is 5.11 Å². The van der Waals surface area contributed by atoms with E-state index in [1.165, 1.54) is 0 Å². The average molecular weight is 549 g/mol. The number of likely N-dealkylation sites (tertiary alicyclic amines) is 1. The minimum atomic E-state index is -0.883. The van der Waals surface area contributed by atoms with E-state index in [-0.39, 0.29) is 6.61 Å². The highest BCUT2D eigenvalue weighted by Gasteiger charge is 2.31. The Balaban J connectivity index is 1.26. The molecule has 1 aliphatic heterocycles. The van der Waals surface area contributed by atoms with Crippen molar-refractivity contribution in [3.63, 3.8) is 0 Å². The normalized spacial score (nSPS) is 18.4. The maximum absolute atomic E-state index is 11.2. The first kappa shape index (κ1) is 27.6. The second-order valence-corrected chi connectivity index (χ2v) is 10.4. The van der Waals surface area contributed by atoms with Gasteiger partial charge in [-0.2, -0.15) is 0 Å². The summed E-state index contributed by atoms with van der Waals surface area (Å²) in [5.41, 5.74) is 0.265. The van der Waals surface area contributed by atoms with Gasteiger partial charge in [-0.3, -0.25) is 4.90 Å². The lowest BCUT2D eigenvalue weighted by Gasteiger charge is -2.27. The molecule has 9 heteroatoms. The van der Waals surface area contributed by atoms with Crippen LogP contribution >= 0.6 is 23.2 Å². The molecule has 2 aromatic carbocycles. The zero-order chi connectivity index (χ0) is 26.3. The van der Waals surface area contributed by atoms with Crippen LogP contribution in [-0.2, 0) is 13.1 Å². The first-order chi connectivity index (χ1) is 17.8. The third-order valence-electron chi connectivity index (χ3n) is 6.77. The molecule has 0 spiro atoms. The summed E-state index contributed by atoms with van der Waals surface area (Å²) in [6.07, 6.45) is 6.87. The van der Waals surface area contributed by atoms with Crippen molar-refractivity contribution in [2.75, 3.05) is 33.4 Å². The Hall–Kier alpha value is -2.45. The van der Waals surface area contributed by atoms with E-state index >= 15 is 0 Å². The number of imidazole rings is 1. The minimum absolute atomic E-state index is 0.221. The molecule has 0 saturated carbocycles. The quantitative estimate of drug-likeness (QED) is 0.307. The Morgan fingerprint density at radius 2 is 1.89 bits per heavy atom. The Morgan fingerprint density at radius 3 is 2.65 bits per heavy atom. The van der Waals surface area contributed by atoms with Crippen molar-refractivity contribution in [1.29, 1.82) is 0 Å². The molecular formula is C28H35Cl2N3O4. The standard InChI is InChI=1S/C28H35Cl2N3O4/c1-21-31-11-15-33(21)13-4-16-36-26-8-5-22(17-27(26)35-2)19-32-12-3-9-28(34,10-14-32)20-37-23-6-7-24(29)25(30)18-23/h5-8,11,15,17-18,34H,3-4,9-10,12-14,16,19-20H2,1-2H3/t28-/m0/s1. The van der Waals surface area contributed by atoms with Gasteiger partial charge in [0, 0.05) is 38.1 Å². The lowest BCUT2D eigenvalue weighted by Crippen LogP contribution is -2.37. The maximum Gasteiger partial charge on any atom is 0.161 e. The Labute approximate surface area is 228 Å². The average Bonchev–Trinajstić information content (AvgIpc) is 3.21. The van der Waals surface area contributed by atoms with Crippen LogP contribution in [0.25, 0.3) is 0 Å². The van der Waals surface area contributed by atoms with Crippen LogP contribution in [0.2, 0.25) is 10.0 Å². The van der Waals surface area contributed by atoms with Gasteiger partial charge in [0.05, 0.1) is 29.4 Å². The molecule has 0 radical (unpaired) electrons. The van der Waals surface area contributed by atoms with Gasteiger partial charge in [-0.05, 0) is 69.0 Å². The summed E-state index contributed by atoms with van der Waals surface area (Å²) in [4.78, 5) is 6.61. The molecular weight excluding hydrogens is 513 g/mol. The molecule has 1 saturated heterocycles. The number of benzene rings is 2. The monoisotopic (exact) mass is 547 g/mol. The number of aliphatic hydroxyl groups is 1. The molecule has 3 aromatic rings. The highest BCUT2D eigenvalue weighted by molar-refractivity contribution is 6.42. The first-order valence-corrected chi connectivity index (χ1v) is 13.4. The van der Waals surface area contributed by atoms with Gasteiger partial charge in [-0.25, -0.2) is 4.98 Å². The van der Waals surface area contributed by atoms with Gasteiger partial charge in [-0.15, -0.1) is 0 Å². The SMILES string of the molecule is COc1cc(CN2CCC[C@@](O)(COc3ccc(Cl)c(Cl)c3)CC2)ccc1OCCCn1ccnc1C. The van der Waals surface area contributed by atoms with Crippen LogP contribution in [0.15, 0.2) is 48.8 Å². The van der Waals surface area contributed by atoms with Crippen molar-refractivity contribution in [2.45, 2.75) is 51.3 Å². The molecule has 1 aromatic heterocycles. The highest BCUT2D eigenvalue weighted by atomic mass is 35.5. The van der Waals surface area contributed by atoms with Crippen LogP contribution in [0.1, 0.15) is 37.1 Å². The first-order valence-electron chi connectivity index (χ1n) is 12.7. The fourth-order valence-corrected chi connectivity index (χ4v) is 4.85. The fourth-order valence-electron chi connectivity index (χ4n) is 4.57. The summed E-state index contributed by atoms with van der Waals surface area (Å²) in [6, 6.07) is 11.3. The van der Waals surface area contributed by atoms with Gasteiger partial charge in [0.1, 0.15) is 18.2 Å². The molecule has 1 atom stereocenters. The number of halogens is 2. The number of aryl methyl sites for hydroxylation is 2. The van der Waals surface area contributed by atoms with Crippen molar-refractivity contribution in [2.24, 2.45) is 0 Å². The van der Waals surface area contributed by atoms with E-state index in [1.54, 1.807) is 25.3 Å². The molecule has 37 heavy (non-hydrogen) atoms. The zero-order valence-corrected chi connectivity index (χ0v) is 23.0.